The lowest BCUT2D eigenvalue weighted by atomic mass is 10.1. The lowest BCUT2D eigenvalue weighted by molar-refractivity contribution is -0.123. The number of rotatable bonds is 8. The Morgan fingerprint density at radius 3 is 2.68 bits per heavy atom. The molecular weight excluding hydrogens is 404 g/mol. The van der Waals surface area contributed by atoms with Gasteiger partial charge in [0, 0.05) is 4.47 Å². The average molecular weight is 424 g/mol. The molecule has 0 saturated heterocycles. The molecule has 6 heteroatoms. The summed E-state index contributed by atoms with van der Waals surface area (Å²) in [5.74, 6) is 0.127. The maximum atomic E-state index is 12.0. The van der Waals surface area contributed by atoms with Gasteiger partial charge in [-0.1, -0.05) is 71.2 Å². The summed E-state index contributed by atoms with van der Waals surface area (Å²) in [6, 6.07) is 15.1. The van der Waals surface area contributed by atoms with Crippen LogP contribution in [-0.2, 0) is 4.79 Å². The number of carbonyl (C=O) groups excluding carboxylic acids is 1. The molecular formula is C19H20BrClN2O2. The molecule has 2 aromatic carbocycles. The van der Waals surface area contributed by atoms with Crippen molar-refractivity contribution in [2.75, 3.05) is 6.61 Å². The van der Waals surface area contributed by atoms with Crippen LogP contribution in [0.4, 0.5) is 0 Å². The van der Waals surface area contributed by atoms with Gasteiger partial charge < -0.3 is 4.74 Å². The van der Waals surface area contributed by atoms with Gasteiger partial charge >= 0.3 is 0 Å². The highest BCUT2D eigenvalue weighted by atomic mass is 79.9. The first-order valence-corrected chi connectivity index (χ1v) is 9.26. The van der Waals surface area contributed by atoms with Gasteiger partial charge in [0.15, 0.2) is 6.61 Å². The van der Waals surface area contributed by atoms with Gasteiger partial charge in [-0.3, -0.25) is 4.79 Å². The van der Waals surface area contributed by atoms with Gasteiger partial charge in [0.25, 0.3) is 5.91 Å². The van der Waals surface area contributed by atoms with Crippen molar-refractivity contribution in [3.05, 3.63) is 63.6 Å². The van der Waals surface area contributed by atoms with E-state index >= 15 is 0 Å². The highest BCUT2D eigenvalue weighted by Gasteiger charge is 2.08. The Bertz CT molecular complexity index is 735. The van der Waals surface area contributed by atoms with Crippen molar-refractivity contribution in [3.8, 4) is 5.75 Å². The van der Waals surface area contributed by atoms with Crippen LogP contribution in [0, 0.1) is 0 Å². The summed E-state index contributed by atoms with van der Waals surface area (Å²) >= 11 is 9.39. The van der Waals surface area contributed by atoms with E-state index in [1.807, 2.05) is 30.3 Å². The molecule has 0 fully saturated rings. The molecule has 1 amide bonds. The normalized spacial score (nSPS) is 11.2. The fourth-order valence-electron chi connectivity index (χ4n) is 2.14. The van der Waals surface area contributed by atoms with Crippen molar-refractivity contribution < 1.29 is 9.53 Å². The van der Waals surface area contributed by atoms with E-state index in [9.17, 15) is 4.79 Å². The number of unbranched alkanes of at least 4 members (excludes halogenated alkanes) is 1. The molecule has 132 valence electrons. The number of hydrogen-bond acceptors (Lipinski definition) is 3. The molecule has 0 saturated carbocycles. The zero-order valence-corrected chi connectivity index (χ0v) is 16.3. The Hall–Kier alpha value is -1.85. The van der Waals surface area contributed by atoms with Crippen molar-refractivity contribution in [3.63, 3.8) is 0 Å². The maximum Gasteiger partial charge on any atom is 0.277 e. The van der Waals surface area contributed by atoms with E-state index < -0.39 is 0 Å². The van der Waals surface area contributed by atoms with Crippen LogP contribution >= 0.6 is 27.5 Å². The van der Waals surface area contributed by atoms with E-state index in [4.69, 9.17) is 16.3 Å². The molecule has 0 spiro atoms. The predicted octanol–water partition coefficient (Wildman–Crippen LogP) is 5.19. The van der Waals surface area contributed by atoms with Crippen LogP contribution in [0.1, 0.15) is 31.7 Å². The smallest absolute Gasteiger partial charge is 0.277 e. The van der Waals surface area contributed by atoms with E-state index in [1.165, 1.54) is 0 Å². The van der Waals surface area contributed by atoms with E-state index in [1.54, 1.807) is 18.2 Å². The zero-order valence-electron chi connectivity index (χ0n) is 14.0. The highest BCUT2D eigenvalue weighted by molar-refractivity contribution is 9.10. The molecule has 0 aliphatic rings. The van der Waals surface area contributed by atoms with Crippen LogP contribution in [0.15, 0.2) is 58.1 Å². The molecule has 0 aliphatic heterocycles. The van der Waals surface area contributed by atoms with Gasteiger partial charge in [0.05, 0.1) is 10.7 Å². The summed E-state index contributed by atoms with van der Waals surface area (Å²) in [7, 11) is 0. The number of carbonyl (C=O) groups is 1. The van der Waals surface area contributed by atoms with Gasteiger partial charge in [-0.2, -0.15) is 5.10 Å². The van der Waals surface area contributed by atoms with Crippen molar-refractivity contribution in [2.45, 2.75) is 26.2 Å². The maximum absolute atomic E-state index is 12.0. The molecule has 25 heavy (non-hydrogen) atoms. The Balaban J connectivity index is 1.96. The largest absolute Gasteiger partial charge is 0.482 e. The molecule has 1 N–H and O–H groups in total. The minimum Gasteiger partial charge on any atom is -0.482 e. The standard InChI is InChI=1S/C19H20BrClN2O2/c1-2-3-9-17(14-7-5-4-6-8-14)22-23-19(24)13-25-18-11-10-15(20)12-16(18)21/h4-8,10-12H,2-3,9,13H2,1H3,(H,23,24)/b22-17-. The molecule has 0 bridgehead atoms. The second-order valence-corrected chi connectivity index (χ2v) is 6.75. The van der Waals surface area contributed by atoms with E-state index in [-0.39, 0.29) is 12.5 Å². The minimum atomic E-state index is -0.330. The fourth-order valence-corrected chi connectivity index (χ4v) is 2.87. The number of nitrogens with one attached hydrogen (secondary N) is 1. The third kappa shape index (κ3) is 6.52. The molecule has 0 aliphatic carbocycles. The number of hydrogen-bond donors (Lipinski definition) is 1. The fraction of sp³-hybridized carbons (Fsp3) is 0.263. The van der Waals surface area contributed by atoms with E-state index in [2.05, 4.69) is 33.4 Å². The van der Waals surface area contributed by atoms with Gasteiger partial charge in [-0.05, 0) is 36.6 Å². The van der Waals surface area contributed by atoms with Crippen LogP contribution in [0.3, 0.4) is 0 Å². The molecule has 0 heterocycles. The first kappa shape index (κ1) is 19.5. The van der Waals surface area contributed by atoms with E-state index in [0.717, 1.165) is 35.0 Å². The van der Waals surface area contributed by atoms with Crippen molar-refractivity contribution in [2.24, 2.45) is 5.10 Å². The number of hydrazone groups is 1. The quantitative estimate of drug-likeness (QED) is 0.469. The topological polar surface area (TPSA) is 50.7 Å². The second-order valence-electron chi connectivity index (χ2n) is 5.43. The van der Waals surface area contributed by atoms with Crippen LogP contribution in [-0.4, -0.2) is 18.2 Å². The lowest BCUT2D eigenvalue weighted by Gasteiger charge is -2.09. The SMILES string of the molecule is CCCC/C(=N/NC(=O)COc1ccc(Br)cc1Cl)c1ccccc1. The molecule has 0 atom stereocenters. The molecule has 2 rings (SSSR count). The van der Waals surface area contributed by atoms with Gasteiger partial charge in [-0.25, -0.2) is 5.43 Å². The first-order valence-electron chi connectivity index (χ1n) is 8.09. The predicted molar refractivity (Wildman–Crippen MR) is 105 cm³/mol. The van der Waals surface area contributed by atoms with Crippen molar-refractivity contribution in [1.29, 1.82) is 0 Å². The van der Waals surface area contributed by atoms with Crippen molar-refractivity contribution in [1.82, 2.24) is 5.43 Å². The Kier molecular flexibility index (Phi) is 7.95. The third-order valence-electron chi connectivity index (χ3n) is 3.44. The third-order valence-corrected chi connectivity index (χ3v) is 4.23. The van der Waals surface area contributed by atoms with Gasteiger partial charge in [0.2, 0.25) is 0 Å². The molecule has 2 aromatic rings. The monoisotopic (exact) mass is 422 g/mol. The van der Waals surface area contributed by atoms with Crippen molar-refractivity contribution >= 4 is 39.1 Å². The Morgan fingerprint density at radius 2 is 2.00 bits per heavy atom. The van der Waals surface area contributed by atoms with Crippen LogP contribution in [0.2, 0.25) is 5.02 Å². The number of halogens is 2. The number of amides is 1. The average Bonchev–Trinajstić information content (AvgIpc) is 2.62. The zero-order chi connectivity index (χ0) is 18.1. The van der Waals surface area contributed by atoms with Gasteiger partial charge in [-0.15, -0.1) is 0 Å². The number of nitrogens with zero attached hydrogens (tertiary/aromatic N) is 1. The summed E-state index contributed by atoms with van der Waals surface area (Å²) in [6.45, 7) is 1.97. The summed E-state index contributed by atoms with van der Waals surface area (Å²) in [4.78, 5) is 12.0. The van der Waals surface area contributed by atoms with Gasteiger partial charge in [0.1, 0.15) is 5.75 Å². The Labute approximate surface area is 161 Å². The summed E-state index contributed by atoms with van der Waals surface area (Å²) in [6.07, 6.45) is 2.87. The molecule has 0 aromatic heterocycles. The lowest BCUT2D eigenvalue weighted by Crippen LogP contribution is -2.26. The minimum absolute atomic E-state index is 0.152. The van der Waals surface area contributed by atoms with E-state index in [0.29, 0.717) is 10.8 Å². The Morgan fingerprint density at radius 1 is 1.24 bits per heavy atom. The van der Waals surface area contributed by atoms with Crippen LogP contribution in [0.5, 0.6) is 5.75 Å². The molecule has 4 nitrogen and oxygen atoms in total. The molecule has 0 radical (unpaired) electrons. The summed E-state index contributed by atoms with van der Waals surface area (Å²) in [5.41, 5.74) is 4.43. The first-order chi connectivity index (χ1) is 12.1. The highest BCUT2D eigenvalue weighted by Crippen LogP contribution is 2.27. The summed E-state index contributed by atoms with van der Waals surface area (Å²) < 4.78 is 6.29. The summed E-state index contributed by atoms with van der Waals surface area (Å²) in [5, 5.41) is 4.72. The number of benzene rings is 2. The van der Waals surface area contributed by atoms with Crippen LogP contribution < -0.4 is 10.2 Å². The molecule has 0 unspecified atom stereocenters. The second kappa shape index (κ2) is 10.2. The van der Waals surface area contributed by atoms with Crippen LogP contribution in [0.25, 0.3) is 0 Å². The number of ether oxygens (including phenoxy) is 1.